The van der Waals surface area contributed by atoms with Crippen molar-refractivity contribution in [2.75, 3.05) is 45.4 Å². The van der Waals surface area contributed by atoms with Gasteiger partial charge in [0.25, 0.3) is 5.91 Å². The lowest BCUT2D eigenvalue weighted by Crippen LogP contribution is -2.38. The summed E-state index contributed by atoms with van der Waals surface area (Å²) in [5.74, 6) is -1.20. The largest absolute Gasteiger partial charge is 0.497 e. The molecule has 10 nitrogen and oxygen atoms in total. The van der Waals surface area contributed by atoms with Gasteiger partial charge < -0.3 is 24.4 Å². The molecule has 2 heterocycles. The van der Waals surface area contributed by atoms with Crippen LogP contribution in [0.1, 0.15) is 6.42 Å². The highest BCUT2D eigenvalue weighted by Gasteiger charge is 2.38. The monoisotopic (exact) mass is 391 g/mol. The molecule has 1 atom stereocenters. The summed E-state index contributed by atoms with van der Waals surface area (Å²) < 4.78 is 15.5. The van der Waals surface area contributed by atoms with Gasteiger partial charge in [0.2, 0.25) is 5.91 Å². The fourth-order valence-corrected chi connectivity index (χ4v) is 3.14. The number of amides is 4. The van der Waals surface area contributed by atoms with Crippen LogP contribution in [0.4, 0.5) is 10.5 Å². The van der Waals surface area contributed by atoms with E-state index in [2.05, 4.69) is 5.32 Å². The number of benzene rings is 1. The number of esters is 1. The zero-order chi connectivity index (χ0) is 20.3. The van der Waals surface area contributed by atoms with Gasteiger partial charge in [-0.1, -0.05) is 0 Å². The smallest absolute Gasteiger partial charge is 0.324 e. The Morgan fingerprint density at radius 1 is 1.21 bits per heavy atom. The van der Waals surface area contributed by atoms with E-state index in [1.807, 2.05) is 0 Å². The van der Waals surface area contributed by atoms with E-state index in [4.69, 9.17) is 14.2 Å². The summed E-state index contributed by atoms with van der Waals surface area (Å²) in [5, 5.41) is 2.50. The maximum Gasteiger partial charge on any atom is 0.324 e. The molecular weight excluding hydrogens is 370 g/mol. The Bertz CT molecular complexity index is 810. The minimum absolute atomic E-state index is 0.0353. The van der Waals surface area contributed by atoms with E-state index < -0.39 is 30.4 Å². The van der Waals surface area contributed by atoms with Crippen LogP contribution in [-0.4, -0.2) is 69.2 Å². The second-order valence-corrected chi connectivity index (χ2v) is 6.33. The number of urea groups is 1. The Morgan fingerprint density at radius 2 is 2.00 bits per heavy atom. The Kier molecular flexibility index (Phi) is 5.67. The van der Waals surface area contributed by atoms with Crippen molar-refractivity contribution in [3.05, 3.63) is 18.2 Å². The Labute approximate surface area is 161 Å². The molecule has 0 saturated carbocycles. The van der Waals surface area contributed by atoms with Crippen LogP contribution in [0.25, 0.3) is 0 Å². The topological polar surface area (TPSA) is 114 Å². The molecule has 28 heavy (non-hydrogen) atoms. The average Bonchev–Trinajstić information content (AvgIpc) is 3.30. The summed E-state index contributed by atoms with van der Waals surface area (Å²) in [6.07, 6.45) is -0.0353. The number of hydrogen-bond donors (Lipinski definition) is 1. The van der Waals surface area contributed by atoms with Gasteiger partial charge in [0, 0.05) is 32.1 Å². The number of carbonyl (C=O) groups is 4. The van der Waals surface area contributed by atoms with Crippen molar-refractivity contribution in [2.45, 2.75) is 6.42 Å². The van der Waals surface area contributed by atoms with Gasteiger partial charge in [-0.05, 0) is 12.1 Å². The summed E-state index contributed by atoms with van der Waals surface area (Å²) in [6, 6.07) is 4.51. The third-order valence-electron chi connectivity index (χ3n) is 4.63. The summed E-state index contributed by atoms with van der Waals surface area (Å²) in [6.45, 7) is 0.179. The first-order valence-electron chi connectivity index (χ1n) is 8.71. The van der Waals surface area contributed by atoms with E-state index in [0.717, 1.165) is 4.90 Å². The molecule has 2 aliphatic heterocycles. The van der Waals surface area contributed by atoms with Crippen molar-refractivity contribution in [3.8, 4) is 11.5 Å². The Balaban J connectivity index is 1.61. The predicted octanol–water partition coefficient (Wildman–Crippen LogP) is 0.152. The first kappa shape index (κ1) is 19.5. The van der Waals surface area contributed by atoms with Gasteiger partial charge in [-0.25, -0.2) is 4.79 Å². The minimum Gasteiger partial charge on any atom is -0.497 e. The molecule has 0 spiro atoms. The van der Waals surface area contributed by atoms with Crippen LogP contribution in [0.5, 0.6) is 11.5 Å². The van der Waals surface area contributed by atoms with Gasteiger partial charge in [0.05, 0.1) is 25.8 Å². The molecule has 0 unspecified atom stereocenters. The zero-order valence-corrected chi connectivity index (χ0v) is 15.6. The molecule has 2 fully saturated rings. The molecule has 1 N–H and O–H groups in total. The molecule has 0 aromatic heterocycles. The number of rotatable bonds is 6. The van der Waals surface area contributed by atoms with Crippen LogP contribution >= 0.6 is 0 Å². The van der Waals surface area contributed by atoms with Crippen LogP contribution in [0.15, 0.2) is 18.2 Å². The summed E-state index contributed by atoms with van der Waals surface area (Å²) in [7, 11) is 3.00. The highest BCUT2D eigenvalue weighted by molar-refractivity contribution is 6.01. The normalized spacial score (nSPS) is 18.9. The first-order valence-corrected chi connectivity index (χ1v) is 8.71. The second-order valence-electron chi connectivity index (χ2n) is 6.33. The molecule has 0 radical (unpaired) electrons. The third-order valence-corrected chi connectivity index (χ3v) is 4.63. The van der Waals surface area contributed by atoms with Crippen molar-refractivity contribution in [3.63, 3.8) is 0 Å². The Morgan fingerprint density at radius 3 is 2.64 bits per heavy atom. The van der Waals surface area contributed by atoms with Crippen LogP contribution in [-0.2, 0) is 19.1 Å². The molecule has 4 amide bonds. The molecule has 3 rings (SSSR count). The number of nitrogens with one attached hydrogen (secondary N) is 1. The maximum atomic E-state index is 12.4. The predicted molar refractivity (Wildman–Crippen MR) is 96.1 cm³/mol. The number of nitrogens with zero attached hydrogens (tertiary/aromatic N) is 2. The molecule has 0 bridgehead atoms. The number of imide groups is 1. The zero-order valence-electron chi connectivity index (χ0n) is 15.6. The van der Waals surface area contributed by atoms with Crippen molar-refractivity contribution < 1.29 is 33.4 Å². The molecule has 1 aromatic carbocycles. The van der Waals surface area contributed by atoms with E-state index in [1.54, 1.807) is 18.2 Å². The van der Waals surface area contributed by atoms with E-state index in [9.17, 15) is 19.2 Å². The summed E-state index contributed by atoms with van der Waals surface area (Å²) >= 11 is 0. The molecular formula is C18H21N3O7. The lowest BCUT2D eigenvalue weighted by Gasteiger charge is -2.20. The van der Waals surface area contributed by atoms with Gasteiger partial charge >= 0.3 is 12.0 Å². The van der Waals surface area contributed by atoms with Crippen molar-refractivity contribution in [1.82, 2.24) is 10.2 Å². The molecule has 150 valence electrons. The van der Waals surface area contributed by atoms with Gasteiger partial charge in [-0.2, -0.15) is 0 Å². The van der Waals surface area contributed by atoms with Gasteiger partial charge in [-0.3, -0.25) is 19.3 Å². The number of methoxy groups -OCH3 is 2. The standard InChI is InChI=1S/C18H21N3O7/c1-26-12-3-4-13(14(8-12)27-2)21-9-11(7-15(21)22)17(24)28-10-16(23)20-6-5-19-18(20)25/h3-4,8,11H,5-7,9-10H2,1-2H3,(H,19,25)/t11-/m1/s1. The number of hydrogen-bond acceptors (Lipinski definition) is 7. The maximum absolute atomic E-state index is 12.4. The third kappa shape index (κ3) is 3.85. The molecule has 0 aliphatic carbocycles. The summed E-state index contributed by atoms with van der Waals surface area (Å²) in [4.78, 5) is 50.5. The van der Waals surface area contributed by atoms with E-state index in [1.165, 1.54) is 19.1 Å². The number of anilines is 1. The minimum atomic E-state index is -0.709. The van der Waals surface area contributed by atoms with Crippen molar-refractivity contribution in [2.24, 2.45) is 5.92 Å². The fourth-order valence-electron chi connectivity index (χ4n) is 3.14. The highest BCUT2D eigenvalue weighted by atomic mass is 16.5. The molecule has 2 aliphatic rings. The van der Waals surface area contributed by atoms with Crippen LogP contribution < -0.4 is 19.7 Å². The van der Waals surface area contributed by atoms with Gasteiger partial charge in [0.15, 0.2) is 6.61 Å². The highest BCUT2D eigenvalue weighted by Crippen LogP contribution is 2.36. The average molecular weight is 391 g/mol. The number of carbonyl (C=O) groups excluding carboxylic acids is 4. The van der Waals surface area contributed by atoms with Crippen LogP contribution in [0.3, 0.4) is 0 Å². The van der Waals surface area contributed by atoms with Crippen molar-refractivity contribution in [1.29, 1.82) is 0 Å². The van der Waals surface area contributed by atoms with Crippen LogP contribution in [0, 0.1) is 5.92 Å². The van der Waals surface area contributed by atoms with Gasteiger partial charge in [-0.15, -0.1) is 0 Å². The van der Waals surface area contributed by atoms with E-state index in [-0.39, 0.29) is 25.4 Å². The fraction of sp³-hybridized carbons (Fsp3) is 0.444. The van der Waals surface area contributed by atoms with Crippen molar-refractivity contribution >= 4 is 29.5 Å². The summed E-state index contributed by atoms with van der Waals surface area (Å²) in [5.41, 5.74) is 0.522. The molecule has 1 aromatic rings. The lowest BCUT2D eigenvalue weighted by molar-refractivity contribution is -0.154. The lowest BCUT2D eigenvalue weighted by atomic mass is 10.1. The number of ether oxygens (including phenoxy) is 3. The Hall–Kier alpha value is -3.30. The second kappa shape index (κ2) is 8.15. The SMILES string of the molecule is COc1ccc(N2C[C@H](C(=O)OCC(=O)N3CCNC3=O)CC2=O)c(OC)c1. The van der Waals surface area contributed by atoms with E-state index >= 15 is 0 Å². The molecule has 10 heteroatoms. The van der Waals surface area contributed by atoms with Crippen LogP contribution in [0.2, 0.25) is 0 Å². The van der Waals surface area contributed by atoms with Gasteiger partial charge in [0.1, 0.15) is 11.5 Å². The first-order chi connectivity index (χ1) is 13.4. The quantitative estimate of drug-likeness (QED) is 0.687. The van der Waals surface area contributed by atoms with E-state index in [0.29, 0.717) is 23.7 Å². The molecule has 2 saturated heterocycles.